The fourth-order valence-corrected chi connectivity index (χ4v) is 3.23. The van der Waals surface area contributed by atoms with Gasteiger partial charge in [0.25, 0.3) is 5.91 Å². The van der Waals surface area contributed by atoms with E-state index in [2.05, 4.69) is 5.10 Å². The molecule has 8 heteroatoms. The van der Waals surface area contributed by atoms with Crippen LogP contribution in [0.4, 0.5) is 0 Å². The number of likely N-dealkylation sites (tertiary alicyclic amines) is 1. The number of carbonyl (C=O) groups excluding carboxylic acids is 1. The van der Waals surface area contributed by atoms with Gasteiger partial charge in [-0.1, -0.05) is 17.7 Å². The highest BCUT2D eigenvalue weighted by molar-refractivity contribution is 6.30. The van der Waals surface area contributed by atoms with Crippen LogP contribution in [-0.2, 0) is 9.53 Å². The molecular weight excluding hydrogens is 346 g/mol. The molecule has 25 heavy (non-hydrogen) atoms. The third-order valence-corrected chi connectivity index (χ3v) is 4.52. The summed E-state index contributed by atoms with van der Waals surface area (Å²) in [6, 6.07) is 6.74. The first-order valence-electron chi connectivity index (χ1n) is 7.84. The molecule has 1 saturated heterocycles. The summed E-state index contributed by atoms with van der Waals surface area (Å²) >= 11 is 5.98. The maximum atomic E-state index is 12.8. The maximum Gasteiger partial charge on any atom is 0.305 e. The number of hydrogen-bond donors (Lipinski definition) is 1. The Kier molecular flexibility index (Phi) is 5.06. The predicted octanol–water partition coefficient (Wildman–Crippen LogP) is 2.23. The molecule has 7 nitrogen and oxygen atoms in total. The number of carboxylic acids is 1. The van der Waals surface area contributed by atoms with Gasteiger partial charge in [0.15, 0.2) is 0 Å². The lowest BCUT2D eigenvalue weighted by Gasteiger charge is -2.22. The zero-order valence-electron chi connectivity index (χ0n) is 13.6. The lowest BCUT2D eigenvalue weighted by atomic mass is 10.1. The van der Waals surface area contributed by atoms with E-state index >= 15 is 0 Å². The highest BCUT2D eigenvalue weighted by atomic mass is 35.5. The number of hydrogen-bond acceptors (Lipinski definition) is 4. The molecule has 2 aromatic rings. The van der Waals surface area contributed by atoms with Gasteiger partial charge in [0, 0.05) is 30.9 Å². The Morgan fingerprint density at radius 2 is 2.24 bits per heavy atom. The standard InChI is InChI=1S/C17H18ClN3O4/c1-25-15-6-14(7-16(22)23)20(10-15)17(24)11-8-19-21(9-11)13-4-2-3-12(18)5-13/h2-5,8-9,14-15H,6-7,10H2,1H3,(H,22,23). The number of halogens is 1. The summed E-state index contributed by atoms with van der Waals surface area (Å²) in [5, 5.41) is 13.9. The number of aliphatic carboxylic acids is 1. The summed E-state index contributed by atoms with van der Waals surface area (Å²) in [5.41, 5.74) is 1.14. The third-order valence-electron chi connectivity index (χ3n) is 4.28. The van der Waals surface area contributed by atoms with Gasteiger partial charge in [0.2, 0.25) is 0 Å². The van der Waals surface area contributed by atoms with Crippen molar-refractivity contribution in [2.24, 2.45) is 0 Å². The number of ether oxygens (including phenoxy) is 1. The normalized spacial score (nSPS) is 20.0. The van der Waals surface area contributed by atoms with E-state index in [1.165, 1.54) is 6.20 Å². The maximum absolute atomic E-state index is 12.8. The molecule has 1 aliphatic rings. The van der Waals surface area contributed by atoms with Crippen molar-refractivity contribution in [1.82, 2.24) is 14.7 Å². The van der Waals surface area contributed by atoms with Crippen LogP contribution in [0.3, 0.4) is 0 Å². The van der Waals surface area contributed by atoms with E-state index < -0.39 is 5.97 Å². The molecule has 132 valence electrons. The quantitative estimate of drug-likeness (QED) is 0.880. The van der Waals surface area contributed by atoms with Crippen molar-refractivity contribution in [1.29, 1.82) is 0 Å². The summed E-state index contributed by atoms with van der Waals surface area (Å²) in [6.07, 6.45) is 3.34. The van der Waals surface area contributed by atoms with Crippen molar-refractivity contribution in [3.05, 3.63) is 47.2 Å². The van der Waals surface area contributed by atoms with Crippen LogP contribution in [0.2, 0.25) is 5.02 Å². The average molecular weight is 364 g/mol. The van der Waals surface area contributed by atoms with Crippen molar-refractivity contribution in [3.8, 4) is 5.69 Å². The second kappa shape index (κ2) is 7.25. The van der Waals surface area contributed by atoms with Gasteiger partial charge in [-0.15, -0.1) is 0 Å². The van der Waals surface area contributed by atoms with Crippen LogP contribution in [0, 0.1) is 0 Å². The largest absolute Gasteiger partial charge is 0.481 e. The predicted molar refractivity (Wildman–Crippen MR) is 91.1 cm³/mol. The zero-order chi connectivity index (χ0) is 18.0. The lowest BCUT2D eigenvalue weighted by molar-refractivity contribution is -0.137. The van der Waals surface area contributed by atoms with Crippen LogP contribution in [-0.4, -0.2) is 57.5 Å². The minimum Gasteiger partial charge on any atom is -0.481 e. The van der Waals surface area contributed by atoms with Gasteiger partial charge in [-0.05, 0) is 24.6 Å². The fourth-order valence-electron chi connectivity index (χ4n) is 3.05. The SMILES string of the molecule is COC1CC(CC(=O)O)N(C(=O)c2cnn(-c3cccc(Cl)c3)c2)C1. The lowest BCUT2D eigenvalue weighted by Crippen LogP contribution is -2.37. The zero-order valence-corrected chi connectivity index (χ0v) is 14.4. The van der Waals surface area contributed by atoms with Gasteiger partial charge in [-0.3, -0.25) is 9.59 Å². The van der Waals surface area contributed by atoms with Gasteiger partial charge in [0.1, 0.15) is 0 Å². The average Bonchev–Trinajstić information content (AvgIpc) is 3.21. The molecule has 1 aliphatic heterocycles. The van der Waals surface area contributed by atoms with Crippen LogP contribution in [0.25, 0.3) is 5.69 Å². The molecule has 1 aromatic heterocycles. The highest BCUT2D eigenvalue weighted by Gasteiger charge is 2.37. The number of rotatable bonds is 5. The van der Waals surface area contributed by atoms with Crippen molar-refractivity contribution in [3.63, 3.8) is 0 Å². The second-order valence-electron chi connectivity index (χ2n) is 5.96. The Balaban J connectivity index is 1.81. The number of methoxy groups -OCH3 is 1. The summed E-state index contributed by atoms with van der Waals surface area (Å²) in [7, 11) is 1.56. The monoisotopic (exact) mass is 363 g/mol. The molecule has 1 amide bonds. The van der Waals surface area contributed by atoms with Crippen molar-refractivity contribution in [2.45, 2.75) is 25.0 Å². The van der Waals surface area contributed by atoms with Crippen LogP contribution in [0.1, 0.15) is 23.2 Å². The van der Waals surface area contributed by atoms with E-state index in [1.54, 1.807) is 41.1 Å². The van der Waals surface area contributed by atoms with Crippen molar-refractivity contribution >= 4 is 23.5 Å². The Bertz CT molecular complexity index is 792. The van der Waals surface area contributed by atoms with Gasteiger partial charge >= 0.3 is 5.97 Å². The van der Waals surface area contributed by atoms with Gasteiger partial charge in [0.05, 0.1) is 30.0 Å². The molecule has 1 fully saturated rings. The van der Waals surface area contributed by atoms with Crippen molar-refractivity contribution < 1.29 is 19.4 Å². The van der Waals surface area contributed by atoms with Crippen LogP contribution in [0.15, 0.2) is 36.7 Å². The Hall–Kier alpha value is -2.38. The van der Waals surface area contributed by atoms with Gasteiger partial charge in [-0.2, -0.15) is 5.10 Å². The molecular formula is C17H18ClN3O4. The van der Waals surface area contributed by atoms with Gasteiger partial charge < -0.3 is 14.7 Å². The number of amides is 1. The molecule has 0 radical (unpaired) electrons. The number of carboxylic acid groups (broad SMARTS) is 1. The van der Waals surface area contributed by atoms with E-state index in [9.17, 15) is 9.59 Å². The fraction of sp³-hybridized carbons (Fsp3) is 0.353. The smallest absolute Gasteiger partial charge is 0.305 e. The number of aromatic nitrogens is 2. The molecule has 2 atom stereocenters. The van der Waals surface area contributed by atoms with E-state index in [1.807, 2.05) is 6.07 Å². The minimum atomic E-state index is -0.936. The summed E-state index contributed by atoms with van der Waals surface area (Å²) < 4.78 is 6.87. The van der Waals surface area contributed by atoms with Crippen molar-refractivity contribution in [2.75, 3.05) is 13.7 Å². The Morgan fingerprint density at radius 3 is 2.92 bits per heavy atom. The first-order chi connectivity index (χ1) is 12.0. The molecule has 1 aromatic carbocycles. The Morgan fingerprint density at radius 1 is 1.44 bits per heavy atom. The summed E-state index contributed by atoms with van der Waals surface area (Å²) in [4.78, 5) is 25.4. The van der Waals surface area contributed by atoms with E-state index in [0.717, 1.165) is 5.69 Å². The molecule has 0 aliphatic carbocycles. The molecule has 0 spiro atoms. The minimum absolute atomic E-state index is 0.103. The van der Waals surface area contributed by atoms with Crippen LogP contribution in [0.5, 0.6) is 0 Å². The number of benzene rings is 1. The molecule has 2 unspecified atom stereocenters. The summed E-state index contributed by atoms with van der Waals surface area (Å²) in [6.45, 7) is 0.371. The topological polar surface area (TPSA) is 84.7 Å². The summed E-state index contributed by atoms with van der Waals surface area (Å²) in [5.74, 6) is -1.19. The van der Waals surface area contributed by atoms with E-state index in [-0.39, 0.29) is 24.5 Å². The molecule has 0 saturated carbocycles. The molecule has 1 N–H and O–H groups in total. The first-order valence-corrected chi connectivity index (χ1v) is 8.22. The molecule has 0 bridgehead atoms. The highest BCUT2D eigenvalue weighted by Crippen LogP contribution is 2.25. The van der Waals surface area contributed by atoms with Crippen LogP contribution >= 0.6 is 11.6 Å². The number of nitrogens with zero attached hydrogens (tertiary/aromatic N) is 3. The van der Waals surface area contributed by atoms with Crippen LogP contribution < -0.4 is 0 Å². The van der Waals surface area contributed by atoms with E-state index in [4.69, 9.17) is 21.4 Å². The van der Waals surface area contributed by atoms with E-state index in [0.29, 0.717) is 23.6 Å². The van der Waals surface area contributed by atoms with Gasteiger partial charge in [-0.25, -0.2) is 4.68 Å². The Labute approximate surface area is 149 Å². The number of carbonyl (C=O) groups is 2. The first kappa shape index (κ1) is 17.4. The third kappa shape index (κ3) is 3.83. The molecule has 2 heterocycles. The molecule has 3 rings (SSSR count). The second-order valence-corrected chi connectivity index (χ2v) is 6.39.